The minimum atomic E-state index is -0.181. The lowest BCUT2D eigenvalue weighted by atomic mass is 9.99. The van der Waals surface area contributed by atoms with E-state index in [-0.39, 0.29) is 6.10 Å². The molecule has 88 valence electrons. The number of nitrogens with zero attached hydrogens (tertiary/aromatic N) is 1. The van der Waals surface area contributed by atoms with Crippen molar-refractivity contribution in [2.75, 3.05) is 26.2 Å². The van der Waals surface area contributed by atoms with Gasteiger partial charge in [-0.15, -0.1) is 0 Å². The molecular weight excluding hydrogens is 188 g/mol. The molecule has 0 radical (unpaired) electrons. The number of rotatable bonds is 5. The molecule has 2 aliphatic rings. The van der Waals surface area contributed by atoms with Crippen molar-refractivity contribution in [2.45, 2.75) is 44.8 Å². The van der Waals surface area contributed by atoms with Crippen LogP contribution in [0.3, 0.4) is 0 Å². The first-order chi connectivity index (χ1) is 7.24. The van der Waals surface area contributed by atoms with E-state index in [1.165, 1.54) is 38.8 Å². The molecule has 1 atom stereocenters. The average Bonchev–Trinajstić information content (AvgIpc) is 3.02. The predicted molar refractivity (Wildman–Crippen MR) is 61.9 cm³/mol. The molecule has 0 aromatic carbocycles. The van der Waals surface area contributed by atoms with Gasteiger partial charge in [-0.3, -0.25) is 0 Å². The standard InChI is InChI=1S/C12H24N2O/c1-10-4-6-14(7-5-10)9-12(15)8-13-11-2-3-11/h10-13,15H,2-9H2,1H3/t12-/m0/s1. The molecule has 0 spiro atoms. The van der Waals surface area contributed by atoms with Crippen LogP contribution in [-0.2, 0) is 0 Å². The van der Waals surface area contributed by atoms with E-state index in [2.05, 4.69) is 17.1 Å². The van der Waals surface area contributed by atoms with Crippen LogP contribution in [0.1, 0.15) is 32.6 Å². The van der Waals surface area contributed by atoms with Crippen LogP contribution in [0, 0.1) is 5.92 Å². The van der Waals surface area contributed by atoms with E-state index in [0.717, 1.165) is 19.0 Å². The molecule has 15 heavy (non-hydrogen) atoms. The molecule has 1 aliphatic heterocycles. The van der Waals surface area contributed by atoms with Crippen molar-refractivity contribution in [3.05, 3.63) is 0 Å². The van der Waals surface area contributed by atoms with Gasteiger partial charge in [0.2, 0.25) is 0 Å². The number of hydrogen-bond acceptors (Lipinski definition) is 3. The van der Waals surface area contributed by atoms with Crippen LogP contribution in [-0.4, -0.2) is 48.3 Å². The maximum Gasteiger partial charge on any atom is 0.0791 e. The van der Waals surface area contributed by atoms with Crippen LogP contribution in [0.2, 0.25) is 0 Å². The lowest BCUT2D eigenvalue weighted by molar-refractivity contribution is 0.0906. The molecule has 1 heterocycles. The number of aliphatic hydroxyl groups is 1. The van der Waals surface area contributed by atoms with Crippen molar-refractivity contribution < 1.29 is 5.11 Å². The zero-order valence-corrected chi connectivity index (χ0v) is 9.78. The Morgan fingerprint density at radius 1 is 1.27 bits per heavy atom. The van der Waals surface area contributed by atoms with Gasteiger partial charge in [0.15, 0.2) is 0 Å². The highest BCUT2D eigenvalue weighted by atomic mass is 16.3. The van der Waals surface area contributed by atoms with E-state index in [9.17, 15) is 5.11 Å². The normalized spacial score (nSPS) is 26.8. The van der Waals surface area contributed by atoms with Gasteiger partial charge in [0.25, 0.3) is 0 Å². The summed E-state index contributed by atoms with van der Waals surface area (Å²) in [5, 5.41) is 13.2. The summed E-state index contributed by atoms with van der Waals surface area (Å²) in [6.45, 7) is 6.29. The zero-order valence-electron chi connectivity index (χ0n) is 9.78. The maximum atomic E-state index is 9.84. The fraction of sp³-hybridized carbons (Fsp3) is 1.00. The van der Waals surface area contributed by atoms with Crippen molar-refractivity contribution in [3.63, 3.8) is 0 Å². The van der Waals surface area contributed by atoms with Gasteiger partial charge in [0, 0.05) is 19.1 Å². The Hall–Kier alpha value is -0.120. The highest BCUT2D eigenvalue weighted by molar-refractivity contribution is 4.82. The Bertz CT molecular complexity index is 186. The molecule has 0 aromatic rings. The monoisotopic (exact) mass is 212 g/mol. The molecule has 3 nitrogen and oxygen atoms in total. The van der Waals surface area contributed by atoms with Crippen LogP contribution in [0.5, 0.6) is 0 Å². The highest BCUT2D eigenvalue weighted by Crippen LogP contribution is 2.19. The average molecular weight is 212 g/mol. The second-order valence-corrected chi connectivity index (χ2v) is 5.32. The Kier molecular flexibility index (Phi) is 4.00. The highest BCUT2D eigenvalue weighted by Gasteiger charge is 2.22. The molecule has 2 rings (SSSR count). The minimum absolute atomic E-state index is 0.181. The molecule has 3 heteroatoms. The SMILES string of the molecule is CC1CCN(C[C@@H](O)CNC2CC2)CC1. The predicted octanol–water partition coefficient (Wildman–Crippen LogP) is 0.831. The lowest BCUT2D eigenvalue weighted by Gasteiger charge is -2.31. The largest absolute Gasteiger partial charge is 0.390 e. The van der Waals surface area contributed by atoms with Crippen LogP contribution in [0.25, 0.3) is 0 Å². The summed E-state index contributed by atoms with van der Waals surface area (Å²) in [5.74, 6) is 0.878. The minimum Gasteiger partial charge on any atom is -0.390 e. The van der Waals surface area contributed by atoms with Gasteiger partial charge in [0.1, 0.15) is 0 Å². The molecule has 1 saturated heterocycles. The number of nitrogens with one attached hydrogen (secondary N) is 1. The number of likely N-dealkylation sites (tertiary alicyclic amines) is 1. The molecule has 2 N–H and O–H groups in total. The number of hydrogen-bond donors (Lipinski definition) is 2. The van der Waals surface area contributed by atoms with E-state index in [0.29, 0.717) is 6.04 Å². The van der Waals surface area contributed by atoms with Crippen LogP contribution < -0.4 is 5.32 Å². The fourth-order valence-electron chi connectivity index (χ4n) is 2.20. The molecule has 0 unspecified atom stereocenters. The number of piperidine rings is 1. The Balaban J connectivity index is 1.58. The van der Waals surface area contributed by atoms with Gasteiger partial charge in [-0.1, -0.05) is 6.92 Å². The third-order valence-corrected chi connectivity index (χ3v) is 3.56. The van der Waals surface area contributed by atoms with E-state index in [1.54, 1.807) is 0 Å². The fourth-order valence-corrected chi connectivity index (χ4v) is 2.20. The number of aliphatic hydroxyl groups excluding tert-OH is 1. The first-order valence-electron chi connectivity index (χ1n) is 6.38. The summed E-state index contributed by atoms with van der Waals surface area (Å²) in [6, 6.07) is 0.709. The molecule has 1 aliphatic carbocycles. The Morgan fingerprint density at radius 3 is 2.53 bits per heavy atom. The third kappa shape index (κ3) is 4.09. The van der Waals surface area contributed by atoms with Gasteiger partial charge >= 0.3 is 0 Å². The lowest BCUT2D eigenvalue weighted by Crippen LogP contribution is -2.42. The third-order valence-electron chi connectivity index (χ3n) is 3.56. The van der Waals surface area contributed by atoms with Gasteiger partial charge in [-0.25, -0.2) is 0 Å². The smallest absolute Gasteiger partial charge is 0.0791 e. The van der Waals surface area contributed by atoms with Crippen molar-refractivity contribution in [2.24, 2.45) is 5.92 Å². The first-order valence-corrected chi connectivity index (χ1v) is 6.38. The van der Waals surface area contributed by atoms with Crippen molar-refractivity contribution >= 4 is 0 Å². The van der Waals surface area contributed by atoms with Gasteiger partial charge < -0.3 is 15.3 Å². The maximum absolute atomic E-state index is 9.84. The molecule has 0 amide bonds. The molecule has 0 aromatic heterocycles. The molecule has 1 saturated carbocycles. The van der Waals surface area contributed by atoms with Gasteiger partial charge in [-0.05, 0) is 44.7 Å². The van der Waals surface area contributed by atoms with E-state index in [1.807, 2.05) is 0 Å². The van der Waals surface area contributed by atoms with Crippen LogP contribution >= 0.6 is 0 Å². The molecule has 2 fully saturated rings. The van der Waals surface area contributed by atoms with E-state index in [4.69, 9.17) is 0 Å². The van der Waals surface area contributed by atoms with Crippen molar-refractivity contribution in [3.8, 4) is 0 Å². The second kappa shape index (κ2) is 5.28. The summed E-state index contributed by atoms with van der Waals surface area (Å²) in [6.07, 6.45) is 5.01. The second-order valence-electron chi connectivity index (χ2n) is 5.32. The summed E-state index contributed by atoms with van der Waals surface area (Å²) in [5.41, 5.74) is 0. The van der Waals surface area contributed by atoms with Crippen molar-refractivity contribution in [1.82, 2.24) is 10.2 Å². The van der Waals surface area contributed by atoms with E-state index >= 15 is 0 Å². The number of β-amino-alcohol motifs (C(OH)–C–C–N with tert-alkyl or cyclic N) is 1. The quantitative estimate of drug-likeness (QED) is 0.708. The van der Waals surface area contributed by atoms with Gasteiger partial charge in [0.05, 0.1) is 6.10 Å². The first kappa shape index (κ1) is 11.4. The molecule has 0 bridgehead atoms. The summed E-state index contributed by atoms with van der Waals surface area (Å²) in [7, 11) is 0. The van der Waals surface area contributed by atoms with E-state index < -0.39 is 0 Å². The molecular formula is C12H24N2O. The van der Waals surface area contributed by atoms with Crippen LogP contribution in [0.15, 0.2) is 0 Å². The summed E-state index contributed by atoms with van der Waals surface area (Å²) in [4.78, 5) is 2.40. The topological polar surface area (TPSA) is 35.5 Å². The zero-order chi connectivity index (χ0) is 10.7. The van der Waals surface area contributed by atoms with Crippen LogP contribution in [0.4, 0.5) is 0 Å². The van der Waals surface area contributed by atoms with Gasteiger partial charge in [-0.2, -0.15) is 0 Å². The van der Waals surface area contributed by atoms with Crippen molar-refractivity contribution in [1.29, 1.82) is 0 Å². The Labute approximate surface area is 92.8 Å². The summed E-state index contributed by atoms with van der Waals surface area (Å²) >= 11 is 0. The Morgan fingerprint density at radius 2 is 1.93 bits per heavy atom. The summed E-state index contributed by atoms with van der Waals surface area (Å²) < 4.78 is 0.